The van der Waals surface area contributed by atoms with Crippen molar-refractivity contribution in [2.45, 2.75) is 44.4 Å². The SMILES string of the molecule is CCC(C)(C)c1ccc(C(Br)c2ccc(Br)c(C)c2)cc1. The molecule has 0 bridgehead atoms. The molecule has 0 aliphatic heterocycles. The quantitative estimate of drug-likeness (QED) is 0.480. The van der Waals surface area contributed by atoms with Crippen molar-refractivity contribution in [1.29, 1.82) is 0 Å². The third kappa shape index (κ3) is 3.78. The number of benzene rings is 2. The van der Waals surface area contributed by atoms with Crippen LogP contribution in [0.4, 0.5) is 0 Å². The third-order valence-electron chi connectivity index (χ3n) is 4.34. The maximum absolute atomic E-state index is 3.83. The number of hydrogen-bond donors (Lipinski definition) is 0. The van der Waals surface area contributed by atoms with Crippen molar-refractivity contribution in [3.05, 3.63) is 69.2 Å². The highest BCUT2D eigenvalue weighted by Gasteiger charge is 2.18. The maximum atomic E-state index is 3.83. The van der Waals surface area contributed by atoms with E-state index in [1.807, 2.05) is 0 Å². The highest BCUT2D eigenvalue weighted by Crippen LogP contribution is 2.34. The van der Waals surface area contributed by atoms with Gasteiger partial charge >= 0.3 is 0 Å². The zero-order valence-corrected chi connectivity index (χ0v) is 16.3. The van der Waals surface area contributed by atoms with Crippen LogP contribution < -0.4 is 0 Å². The Labute approximate surface area is 145 Å². The van der Waals surface area contributed by atoms with Gasteiger partial charge in [0.2, 0.25) is 0 Å². The van der Waals surface area contributed by atoms with E-state index in [0.717, 1.165) is 10.9 Å². The fraction of sp³-hybridized carbons (Fsp3) is 0.368. The van der Waals surface area contributed by atoms with Crippen molar-refractivity contribution in [1.82, 2.24) is 0 Å². The van der Waals surface area contributed by atoms with E-state index in [1.165, 1.54) is 22.3 Å². The third-order valence-corrected chi connectivity index (χ3v) is 6.29. The number of hydrogen-bond acceptors (Lipinski definition) is 0. The Morgan fingerprint density at radius 1 is 1.00 bits per heavy atom. The predicted molar refractivity (Wildman–Crippen MR) is 99.4 cm³/mol. The van der Waals surface area contributed by atoms with E-state index in [-0.39, 0.29) is 10.2 Å². The minimum absolute atomic E-state index is 0.239. The molecule has 2 aromatic rings. The normalized spacial score (nSPS) is 13.2. The molecule has 1 unspecified atom stereocenters. The number of rotatable bonds is 4. The van der Waals surface area contributed by atoms with E-state index in [0.29, 0.717) is 0 Å². The lowest BCUT2D eigenvalue weighted by molar-refractivity contribution is 0.506. The molecule has 21 heavy (non-hydrogen) atoms. The molecule has 0 fully saturated rings. The smallest absolute Gasteiger partial charge is 0.0644 e. The Morgan fingerprint density at radius 3 is 2.10 bits per heavy atom. The highest BCUT2D eigenvalue weighted by atomic mass is 79.9. The van der Waals surface area contributed by atoms with Gasteiger partial charge < -0.3 is 0 Å². The van der Waals surface area contributed by atoms with Crippen LogP contribution in [0.2, 0.25) is 0 Å². The number of aryl methyl sites for hydroxylation is 1. The van der Waals surface area contributed by atoms with Crippen molar-refractivity contribution in [3.63, 3.8) is 0 Å². The summed E-state index contributed by atoms with van der Waals surface area (Å²) in [6, 6.07) is 15.5. The van der Waals surface area contributed by atoms with Crippen molar-refractivity contribution in [2.24, 2.45) is 0 Å². The van der Waals surface area contributed by atoms with Crippen LogP contribution in [0.3, 0.4) is 0 Å². The maximum Gasteiger partial charge on any atom is 0.0644 e. The molecule has 0 spiro atoms. The Balaban J connectivity index is 2.27. The van der Waals surface area contributed by atoms with Crippen LogP contribution in [-0.4, -0.2) is 0 Å². The van der Waals surface area contributed by atoms with Gasteiger partial charge in [-0.05, 0) is 47.1 Å². The van der Waals surface area contributed by atoms with E-state index >= 15 is 0 Å². The first kappa shape index (κ1) is 16.8. The minimum Gasteiger partial charge on any atom is -0.0786 e. The topological polar surface area (TPSA) is 0 Å². The van der Waals surface area contributed by atoms with Crippen molar-refractivity contribution in [3.8, 4) is 0 Å². The summed E-state index contributed by atoms with van der Waals surface area (Å²) in [7, 11) is 0. The zero-order chi connectivity index (χ0) is 15.6. The molecule has 0 nitrogen and oxygen atoms in total. The zero-order valence-electron chi connectivity index (χ0n) is 13.1. The second-order valence-electron chi connectivity index (χ2n) is 6.23. The molecule has 0 radical (unpaired) electrons. The van der Waals surface area contributed by atoms with Gasteiger partial charge in [0, 0.05) is 4.47 Å². The van der Waals surface area contributed by atoms with Gasteiger partial charge in [-0.2, -0.15) is 0 Å². The molecule has 0 saturated heterocycles. The first-order valence-corrected chi connectivity index (χ1v) is 9.06. The largest absolute Gasteiger partial charge is 0.0786 e. The van der Waals surface area contributed by atoms with E-state index in [9.17, 15) is 0 Å². The minimum atomic E-state index is 0.239. The van der Waals surface area contributed by atoms with Gasteiger partial charge in [0.1, 0.15) is 0 Å². The second-order valence-corrected chi connectivity index (χ2v) is 8.00. The van der Waals surface area contributed by atoms with Crippen LogP contribution in [0.5, 0.6) is 0 Å². The molecule has 2 aromatic carbocycles. The van der Waals surface area contributed by atoms with Crippen LogP contribution in [0.1, 0.15) is 54.3 Å². The Kier molecular flexibility index (Phi) is 5.32. The van der Waals surface area contributed by atoms with E-state index in [1.54, 1.807) is 0 Å². The van der Waals surface area contributed by atoms with Crippen LogP contribution in [0.25, 0.3) is 0 Å². The van der Waals surface area contributed by atoms with Gasteiger partial charge in [-0.25, -0.2) is 0 Å². The molecule has 1 atom stereocenters. The van der Waals surface area contributed by atoms with Crippen molar-refractivity contribution < 1.29 is 0 Å². The lowest BCUT2D eigenvalue weighted by Gasteiger charge is -2.24. The second kappa shape index (κ2) is 6.66. The van der Waals surface area contributed by atoms with Crippen LogP contribution in [0, 0.1) is 6.92 Å². The highest BCUT2D eigenvalue weighted by molar-refractivity contribution is 9.10. The van der Waals surface area contributed by atoms with Gasteiger partial charge in [0.25, 0.3) is 0 Å². The molecule has 0 amide bonds. The molecule has 0 N–H and O–H groups in total. The Morgan fingerprint density at radius 2 is 1.57 bits per heavy atom. The van der Waals surface area contributed by atoms with Gasteiger partial charge in [0.05, 0.1) is 4.83 Å². The molecule has 0 aliphatic carbocycles. The average molecular weight is 410 g/mol. The number of alkyl halides is 1. The molecular formula is C19H22Br2. The molecule has 2 heteroatoms. The average Bonchev–Trinajstić information content (AvgIpc) is 2.49. The summed E-state index contributed by atoms with van der Waals surface area (Å²) < 4.78 is 1.16. The van der Waals surface area contributed by atoms with Crippen LogP contribution >= 0.6 is 31.9 Å². The summed E-state index contributed by atoms with van der Waals surface area (Å²) in [4.78, 5) is 0.239. The Hall–Kier alpha value is -0.600. The van der Waals surface area contributed by atoms with Gasteiger partial charge in [0.15, 0.2) is 0 Å². The van der Waals surface area contributed by atoms with E-state index in [4.69, 9.17) is 0 Å². The number of halogens is 2. The molecule has 0 saturated carbocycles. The molecule has 112 valence electrons. The summed E-state index contributed by atoms with van der Waals surface area (Å²) in [6.07, 6.45) is 1.15. The van der Waals surface area contributed by atoms with Crippen molar-refractivity contribution in [2.75, 3.05) is 0 Å². The van der Waals surface area contributed by atoms with Crippen LogP contribution in [0.15, 0.2) is 46.9 Å². The fourth-order valence-electron chi connectivity index (χ4n) is 2.33. The van der Waals surface area contributed by atoms with Crippen molar-refractivity contribution >= 4 is 31.9 Å². The van der Waals surface area contributed by atoms with E-state index in [2.05, 4.69) is 102 Å². The lowest BCUT2D eigenvalue weighted by Crippen LogP contribution is -2.15. The monoisotopic (exact) mass is 408 g/mol. The summed E-state index contributed by atoms with van der Waals surface area (Å²) in [5.74, 6) is 0. The predicted octanol–water partition coefficient (Wildman–Crippen LogP) is 6.93. The molecule has 0 aromatic heterocycles. The Bertz CT molecular complexity index is 612. The van der Waals surface area contributed by atoms with E-state index < -0.39 is 0 Å². The first-order valence-electron chi connectivity index (χ1n) is 7.35. The fourth-order valence-corrected chi connectivity index (χ4v) is 3.16. The summed E-state index contributed by atoms with van der Waals surface area (Å²) in [5.41, 5.74) is 5.50. The molecule has 2 rings (SSSR count). The molecule has 0 aliphatic rings. The van der Waals surface area contributed by atoms with Gasteiger partial charge in [-0.1, -0.05) is 89.0 Å². The van der Waals surface area contributed by atoms with Crippen LogP contribution in [-0.2, 0) is 5.41 Å². The summed E-state index contributed by atoms with van der Waals surface area (Å²) >= 11 is 7.39. The van der Waals surface area contributed by atoms with Gasteiger partial charge in [-0.3, -0.25) is 0 Å². The first-order chi connectivity index (χ1) is 9.85. The molecule has 0 heterocycles. The lowest BCUT2D eigenvalue weighted by atomic mass is 9.82. The summed E-state index contributed by atoms with van der Waals surface area (Å²) in [5, 5.41) is 0. The molecular weight excluding hydrogens is 388 g/mol. The standard InChI is InChI=1S/C19H22Br2/c1-5-19(3,4)16-9-6-14(7-10-16)18(21)15-8-11-17(20)13(2)12-15/h6-12,18H,5H2,1-4H3. The van der Waals surface area contributed by atoms with Gasteiger partial charge in [-0.15, -0.1) is 0 Å². The summed E-state index contributed by atoms with van der Waals surface area (Å²) in [6.45, 7) is 8.96.